The van der Waals surface area contributed by atoms with Gasteiger partial charge in [-0.15, -0.1) is 0 Å². The fraction of sp³-hybridized carbons (Fsp3) is 0.481. The van der Waals surface area contributed by atoms with Crippen LogP contribution < -0.4 is 4.90 Å². The first-order chi connectivity index (χ1) is 18.6. The quantitative estimate of drug-likeness (QED) is 0.359. The molecule has 2 aliphatic heterocycles. The summed E-state index contributed by atoms with van der Waals surface area (Å²) in [6, 6.07) is 11.9. The molecule has 2 heterocycles. The van der Waals surface area contributed by atoms with E-state index in [4.69, 9.17) is 20.1 Å². The molecule has 3 N–H and O–H groups in total. The number of hydrogen-bond donors (Lipinski definition) is 3. The number of halogens is 3. The minimum atomic E-state index is -4.36. The van der Waals surface area contributed by atoms with Crippen molar-refractivity contribution in [3.05, 3.63) is 48.0 Å². The summed E-state index contributed by atoms with van der Waals surface area (Å²) in [5.41, 5.74) is 0.992. The molecule has 2 aromatic rings. The number of aliphatic hydroxyl groups is 1. The molecule has 2 aromatic carbocycles. The molecule has 0 bridgehead atoms. The standard InChI is InChI=1S/C23H27F3N2O2S.C4H6O4/c24-23(25,26)17-6-7-22-20(16-17)28(19-4-1-2-5-21(19)31-22)11-3-10-27-12-8-18(9-13-27)30-15-14-29;5-3(6)1-2-4(7)8/h1-2,4-7,16,18,29H,3,8-15H2;1-2H2,(H,5,6)(H,7,8). The highest BCUT2D eigenvalue weighted by Gasteiger charge is 2.33. The number of anilines is 2. The van der Waals surface area contributed by atoms with Crippen LogP contribution in [0.15, 0.2) is 52.3 Å². The van der Waals surface area contributed by atoms with Gasteiger partial charge in [0.2, 0.25) is 0 Å². The molecular formula is C27H33F3N2O6S. The van der Waals surface area contributed by atoms with Gasteiger partial charge in [0, 0.05) is 29.4 Å². The van der Waals surface area contributed by atoms with Crippen molar-refractivity contribution in [1.82, 2.24) is 4.90 Å². The van der Waals surface area contributed by atoms with Gasteiger partial charge in [-0.05, 0) is 56.1 Å². The second-order valence-electron chi connectivity index (χ2n) is 9.18. The summed E-state index contributed by atoms with van der Waals surface area (Å²) in [4.78, 5) is 25.6. The molecule has 0 atom stereocenters. The summed E-state index contributed by atoms with van der Waals surface area (Å²) in [5.74, 6) is -2.15. The van der Waals surface area contributed by atoms with Crippen molar-refractivity contribution in [2.24, 2.45) is 0 Å². The van der Waals surface area contributed by atoms with Crippen LogP contribution >= 0.6 is 11.8 Å². The molecule has 0 unspecified atom stereocenters. The van der Waals surface area contributed by atoms with Crippen molar-refractivity contribution in [1.29, 1.82) is 0 Å². The van der Waals surface area contributed by atoms with Crippen LogP contribution in [0.5, 0.6) is 0 Å². The monoisotopic (exact) mass is 570 g/mol. The number of nitrogens with zero attached hydrogens (tertiary/aromatic N) is 2. The number of likely N-dealkylation sites (tertiary alicyclic amines) is 1. The number of ether oxygens (including phenoxy) is 1. The van der Waals surface area contributed by atoms with E-state index in [1.165, 1.54) is 23.9 Å². The Bertz CT molecular complexity index is 1100. The van der Waals surface area contributed by atoms with Crippen LogP contribution in [0.4, 0.5) is 24.5 Å². The van der Waals surface area contributed by atoms with E-state index in [9.17, 15) is 22.8 Å². The Hall–Kier alpha value is -2.80. The molecule has 0 amide bonds. The van der Waals surface area contributed by atoms with Crippen LogP contribution in [-0.4, -0.2) is 77.7 Å². The van der Waals surface area contributed by atoms with E-state index in [-0.39, 0.29) is 25.6 Å². The summed E-state index contributed by atoms with van der Waals surface area (Å²) in [7, 11) is 0. The summed E-state index contributed by atoms with van der Waals surface area (Å²) in [5, 5.41) is 24.7. The van der Waals surface area contributed by atoms with Crippen molar-refractivity contribution in [2.75, 3.05) is 44.3 Å². The molecule has 0 spiro atoms. The third-order valence-electron chi connectivity index (χ3n) is 6.34. The van der Waals surface area contributed by atoms with Crippen LogP contribution in [0.25, 0.3) is 0 Å². The Labute approximate surface area is 229 Å². The molecule has 0 radical (unpaired) electrons. The normalized spacial score (nSPS) is 15.6. The summed E-state index contributed by atoms with van der Waals surface area (Å²) in [6.45, 7) is 3.87. The maximum Gasteiger partial charge on any atom is 0.416 e. The lowest BCUT2D eigenvalue weighted by Gasteiger charge is -2.35. The molecule has 12 heteroatoms. The van der Waals surface area contributed by atoms with Crippen LogP contribution in [-0.2, 0) is 20.5 Å². The molecule has 0 aromatic heterocycles. The number of carboxylic acids is 2. The zero-order valence-corrected chi connectivity index (χ0v) is 22.2. The van der Waals surface area contributed by atoms with E-state index < -0.39 is 23.7 Å². The van der Waals surface area contributed by atoms with E-state index in [0.717, 1.165) is 54.4 Å². The van der Waals surface area contributed by atoms with Gasteiger partial charge in [0.1, 0.15) is 0 Å². The zero-order valence-electron chi connectivity index (χ0n) is 21.4. The van der Waals surface area contributed by atoms with Gasteiger partial charge in [0.25, 0.3) is 0 Å². The second-order valence-corrected chi connectivity index (χ2v) is 10.3. The number of aliphatic hydroxyl groups excluding tert-OH is 1. The number of carbonyl (C=O) groups is 2. The van der Waals surface area contributed by atoms with Crippen LogP contribution in [0.2, 0.25) is 0 Å². The number of piperidine rings is 1. The average molecular weight is 571 g/mol. The molecule has 1 saturated heterocycles. The molecule has 0 aliphatic carbocycles. The molecule has 1 fully saturated rings. The predicted octanol–water partition coefficient (Wildman–Crippen LogP) is 5.11. The fourth-order valence-electron chi connectivity index (χ4n) is 4.43. The first kappa shape index (κ1) is 30.7. The second kappa shape index (κ2) is 14.5. The van der Waals surface area contributed by atoms with Gasteiger partial charge in [-0.2, -0.15) is 13.2 Å². The summed E-state index contributed by atoms with van der Waals surface area (Å²) in [6.07, 6.45) is -1.99. The number of fused-ring (bicyclic) bond motifs is 2. The summed E-state index contributed by atoms with van der Waals surface area (Å²) >= 11 is 1.52. The largest absolute Gasteiger partial charge is 0.481 e. The van der Waals surface area contributed by atoms with Gasteiger partial charge >= 0.3 is 18.1 Å². The van der Waals surface area contributed by atoms with Crippen LogP contribution in [0.1, 0.15) is 37.7 Å². The van der Waals surface area contributed by atoms with Crippen molar-refractivity contribution in [3.63, 3.8) is 0 Å². The number of benzene rings is 2. The summed E-state index contributed by atoms with van der Waals surface area (Å²) < 4.78 is 45.6. The zero-order chi connectivity index (χ0) is 28.4. The van der Waals surface area contributed by atoms with E-state index in [0.29, 0.717) is 18.8 Å². The lowest BCUT2D eigenvalue weighted by Crippen LogP contribution is -2.38. The first-order valence-electron chi connectivity index (χ1n) is 12.7. The number of carboxylic acid groups (broad SMARTS) is 2. The van der Waals surface area contributed by atoms with Gasteiger partial charge in [0.15, 0.2) is 0 Å². The van der Waals surface area contributed by atoms with Crippen molar-refractivity contribution in [2.45, 2.75) is 54.2 Å². The first-order valence-corrected chi connectivity index (χ1v) is 13.5. The van der Waals surface area contributed by atoms with Gasteiger partial charge in [-0.1, -0.05) is 23.9 Å². The Morgan fingerprint density at radius 1 is 0.949 bits per heavy atom. The Morgan fingerprint density at radius 2 is 1.59 bits per heavy atom. The van der Waals surface area contributed by atoms with Gasteiger partial charge in [0.05, 0.1) is 49.1 Å². The van der Waals surface area contributed by atoms with Crippen molar-refractivity contribution in [3.8, 4) is 0 Å². The minimum Gasteiger partial charge on any atom is -0.481 e. The van der Waals surface area contributed by atoms with Crippen LogP contribution in [0, 0.1) is 0 Å². The predicted molar refractivity (Wildman–Crippen MR) is 141 cm³/mol. The number of hydrogen-bond acceptors (Lipinski definition) is 7. The van der Waals surface area contributed by atoms with E-state index >= 15 is 0 Å². The van der Waals surface area contributed by atoms with Gasteiger partial charge in [-0.25, -0.2) is 0 Å². The highest BCUT2D eigenvalue weighted by Crippen LogP contribution is 2.49. The Morgan fingerprint density at radius 3 is 2.21 bits per heavy atom. The third kappa shape index (κ3) is 9.41. The van der Waals surface area contributed by atoms with E-state index in [1.807, 2.05) is 29.2 Å². The van der Waals surface area contributed by atoms with Crippen LogP contribution in [0.3, 0.4) is 0 Å². The topological polar surface area (TPSA) is 111 Å². The third-order valence-corrected chi connectivity index (χ3v) is 7.47. The molecule has 39 heavy (non-hydrogen) atoms. The van der Waals surface area contributed by atoms with E-state index in [1.54, 1.807) is 6.07 Å². The molecular weight excluding hydrogens is 537 g/mol. The number of aliphatic carboxylic acids is 2. The van der Waals surface area contributed by atoms with Crippen molar-refractivity contribution < 1.29 is 42.8 Å². The van der Waals surface area contributed by atoms with Gasteiger partial charge < -0.3 is 29.9 Å². The Balaban J connectivity index is 0.000000459. The lowest BCUT2D eigenvalue weighted by molar-refractivity contribution is -0.143. The number of para-hydroxylation sites is 1. The maximum atomic E-state index is 13.3. The van der Waals surface area contributed by atoms with Gasteiger partial charge in [-0.3, -0.25) is 9.59 Å². The maximum absolute atomic E-state index is 13.3. The average Bonchev–Trinajstić information content (AvgIpc) is 2.90. The molecule has 0 saturated carbocycles. The Kier molecular flexibility index (Phi) is 11.5. The smallest absolute Gasteiger partial charge is 0.416 e. The lowest BCUT2D eigenvalue weighted by atomic mass is 10.1. The number of rotatable bonds is 10. The number of alkyl halides is 3. The molecule has 4 rings (SSSR count). The molecule has 2 aliphatic rings. The van der Waals surface area contributed by atoms with Crippen molar-refractivity contribution >= 4 is 35.1 Å². The highest BCUT2D eigenvalue weighted by atomic mass is 32.2. The highest BCUT2D eigenvalue weighted by molar-refractivity contribution is 7.99. The molecule has 214 valence electrons. The fourth-order valence-corrected chi connectivity index (χ4v) is 5.51. The minimum absolute atomic E-state index is 0.0489. The molecule has 8 nitrogen and oxygen atoms in total. The van der Waals surface area contributed by atoms with E-state index in [2.05, 4.69) is 4.90 Å². The SMILES string of the molecule is O=C(O)CCC(=O)O.OCCOC1CCN(CCCN2c3ccccc3Sc3ccc(C(F)(F)F)cc32)CC1.